The molecule has 0 aromatic heterocycles. The van der Waals surface area contributed by atoms with Gasteiger partial charge < -0.3 is 15.4 Å². The summed E-state index contributed by atoms with van der Waals surface area (Å²) in [6.07, 6.45) is 0. The van der Waals surface area contributed by atoms with Gasteiger partial charge in [-0.2, -0.15) is 0 Å². The van der Waals surface area contributed by atoms with Crippen LogP contribution in [-0.2, 0) is 4.74 Å². The van der Waals surface area contributed by atoms with Crippen molar-refractivity contribution >= 4 is 24.8 Å². The number of hydrogen-bond donors (Lipinski definition) is 1. The lowest BCUT2D eigenvalue weighted by molar-refractivity contribution is 0.138. The first kappa shape index (κ1) is 14.0. The zero-order valence-electron chi connectivity index (χ0n) is 6.66. The Morgan fingerprint density at radius 1 is 1.45 bits per heavy atom. The third-order valence-electron chi connectivity index (χ3n) is 1.50. The van der Waals surface area contributed by atoms with Crippen molar-refractivity contribution in [3.8, 4) is 0 Å². The number of likely N-dealkylation sites (N-methyl/N-ethyl adjacent to an activating group) is 1. The van der Waals surface area contributed by atoms with E-state index < -0.39 is 0 Å². The van der Waals surface area contributed by atoms with Crippen LogP contribution < -0.4 is 5.73 Å². The number of nitrogens with zero attached hydrogens (tertiary/aromatic N) is 1. The van der Waals surface area contributed by atoms with E-state index in [1.165, 1.54) is 0 Å². The summed E-state index contributed by atoms with van der Waals surface area (Å²) in [6, 6.07) is 0.206. The molecule has 1 saturated heterocycles. The zero-order chi connectivity index (χ0) is 6.69. The second-order valence-corrected chi connectivity index (χ2v) is 2.60. The molecule has 0 radical (unpaired) electrons. The van der Waals surface area contributed by atoms with Gasteiger partial charge in [-0.1, -0.05) is 0 Å². The fraction of sp³-hybridized carbons (Fsp3) is 1.00. The van der Waals surface area contributed by atoms with Gasteiger partial charge in [0.15, 0.2) is 0 Å². The monoisotopic (exact) mass is 202 g/mol. The van der Waals surface area contributed by atoms with Crippen molar-refractivity contribution in [2.24, 2.45) is 5.73 Å². The van der Waals surface area contributed by atoms with E-state index in [9.17, 15) is 0 Å². The fourth-order valence-corrected chi connectivity index (χ4v) is 0.999. The summed E-state index contributed by atoms with van der Waals surface area (Å²) in [6.45, 7) is 3.50. The van der Waals surface area contributed by atoms with Gasteiger partial charge in [-0.25, -0.2) is 0 Å². The van der Waals surface area contributed by atoms with Gasteiger partial charge in [0, 0.05) is 19.1 Å². The molecular weight excluding hydrogens is 187 g/mol. The molecule has 1 unspecified atom stereocenters. The molecule has 0 aromatic carbocycles. The maximum Gasteiger partial charge on any atom is 0.0630 e. The highest BCUT2D eigenvalue weighted by Crippen LogP contribution is 1.93. The van der Waals surface area contributed by atoms with Gasteiger partial charge in [-0.15, -0.1) is 24.8 Å². The average Bonchev–Trinajstić information content (AvgIpc) is 1.93. The molecule has 0 amide bonds. The minimum absolute atomic E-state index is 0. The van der Waals surface area contributed by atoms with Crippen molar-refractivity contribution in [3.05, 3.63) is 0 Å². The van der Waals surface area contributed by atoms with Crippen molar-refractivity contribution in [3.63, 3.8) is 0 Å². The predicted molar refractivity (Wildman–Crippen MR) is 50.8 cm³/mol. The second kappa shape index (κ2) is 7.13. The number of nitrogens with two attached hydrogens (primary N) is 1. The Balaban J connectivity index is 0. The molecule has 0 bridgehead atoms. The topological polar surface area (TPSA) is 38.5 Å². The van der Waals surface area contributed by atoms with Crippen LogP contribution in [-0.4, -0.2) is 44.3 Å². The molecule has 0 spiro atoms. The van der Waals surface area contributed by atoms with Crippen LogP contribution in [0.4, 0.5) is 0 Å². The van der Waals surface area contributed by atoms with Gasteiger partial charge in [-0.3, -0.25) is 0 Å². The smallest absolute Gasteiger partial charge is 0.0630 e. The number of ether oxygens (including phenoxy) is 1. The molecule has 1 rings (SSSR count). The maximum absolute atomic E-state index is 5.66. The van der Waals surface area contributed by atoms with Crippen molar-refractivity contribution in [1.29, 1.82) is 0 Å². The summed E-state index contributed by atoms with van der Waals surface area (Å²) in [4.78, 5) is 2.19. The van der Waals surface area contributed by atoms with Gasteiger partial charge in [0.2, 0.25) is 0 Å². The first-order chi connectivity index (χ1) is 4.29. The van der Waals surface area contributed by atoms with Crippen LogP contribution in [0.15, 0.2) is 0 Å². The molecule has 0 aliphatic carbocycles. The van der Waals surface area contributed by atoms with Crippen molar-refractivity contribution in [2.75, 3.05) is 33.4 Å². The molecule has 1 atom stereocenters. The third-order valence-corrected chi connectivity index (χ3v) is 1.50. The van der Waals surface area contributed by atoms with Gasteiger partial charge in [0.25, 0.3) is 0 Å². The number of rotatable bonds is 0. The predicted octanol–water partition coefficient (Wildman–Crippen LogP) is 0.119. The lowest BCUT2D eigenvalue weighted by Crippen LogP contribution is -2.35. The normalized spacial score (nSPS) is 26.2. The van der Waals surface area contributed by atoms with Crippen molar-refractivity contribution < 1.29 is 4.74 Å². The Morgan fingerprint density at radius 3 is 2.73 bits per heavy atom. The Bertz CT molecular complexity index is 84.7. The highest BCUT2D eigenvalue weighted by molar-refractivity contribution is 5.85. The number of halogens is 2. The van der Waals surface area contributed by atoms with Crippen LogP contribution in [0.3, 0.4) is 0 Å². The molecule has 1 heterocycles. The van der Waals surface area contributed by atoms with Crippen LogP contribution in [0.1, 0.15) is 0 Å². The minimum Gasteiger partial charge on any atom is -0.378 e. The highest BCUT2D eigenvalue weighted by atomic mass is 35.5. The average molecular weight is 203 g/mol. The Hall–Kier alpha value is 0.460. The summed E-state index contributed by atoms with van der Waals surface area (Å²) >= 11 is 0. The van der Waals surface area contributed by atoms with Crippen LogP contribution in [0.25, 0.3) is 0 Å². The molecule has 0 saturated carbocycles. The molecular formula is C6H16Cl2N2O. The van der Waals surface area contributed by atoms with Gasteiger partial charge in [0.05, 0.1) is 13.2 Å². The standard InChI is InChI=1S/C6H14N2O.2ClH/c1-8-2-3-9-5-6(7)4-8;;/h6H,2-5,7H2,1H3;2*1H. The van der Waals surface area contributed by atoms with E-state index in [2.05, 4.69) is 11.9 Å². The Labute approximate surface area is 80.1 Å². The lowest BCUT2D eigenvalue weighted by Gasteiger charge is -2.13. The lowest BCUT2D eigenvalue weighted by atomic mass is 10.3. The van der Waals surface area contributed by atoms with Crippen LogP contribution in [0, 0.1) is 0 Å². The molecule has 1 aliphatic heterocycles. The number of hydrogen-bond acceptors (Lipinski definition) is 3. The zero-order valence-corrected chi connectivity index (χ0v) is 8.29. The van der Waals surface area contributed by atoms with Crippen LogP contribution in [0.5, 0.6) is 0 Å². The summed E-state index contributed by atoms with van der Waals surface area (Å²) in [7, 11) is 2.06. The van der Waals surface area contributed by atoms with Crippen molar-refractivity contribution in [2.45, 2.75) is 6.04 Å². The Morgan fingerprint density at radius 2 is 2.09 bits per heavy atom. The Kier molecular flexibility index (Phi) is 9.08. The molecule has 11 heavy (non-hydrogen) atoms. The molecule has 2 N–H and O–H groups in total. The van der Waals surface area contributed by atoms with E-state index in [1.807, 2.05) is 0 Å². The fourth-order valence-electron chi connectivity index (χ4n) is 0.999. The van der Waals surface area contributed by atoms with Crippen LogP contribution >= 0.6 is 24.8 Å². The van der Waals surface area contributed by atoms with E-state index in [4.69, 9.17) is 10.5 Å². The summed E-state index contributed by atoms with van der Waals surface area (Å²) in [5.41, 5.74) is 5.66. The second-order valence-electron chi connectivity index (χ2n) is 2.60. The van der Waals surface area contributed by atoms with E-state index >= 15 is 0 Å². The molecule has 0 aromatic rings. The quantitative estimate of drug-likeness (QED) is 0.607. The van der Waals surface area contributed by atoms with E-state index in [1.54, 1.807) is 0 Å². The molecule has 1 aliphatic rings. The first-order valence-corrected chi connectivity index (χ1v) is 3.31. The van der Waals surface area contributed by atoms with E-state index in [0.717, 1.165) is 19.7 Å². The first-order valence-electron chi connectivity index (χ1n) is 3.31. The van der Waals surface area contributed by atoms with E-state index in [0.29, 0.717) is 6.61 Å². The van der Waals surface area contributed by atoms with Crippen LogP contribution in [0.2, 0.25) is 0 Å². The molecule has 70 valence electrons. The van der Waals surface area contributed by atoms with E-state index in [-0.39, 0.29) is 30.9 Å². The largest absolute Gasteiger partial charge is 0.378 e. The van der Waals surface area contributed by atoms with Crippen molar-refractivity contribution in [1.82, 2.24) is 4.90 Å². The van der Waals surface area contributed by atoms with Gasteiger partial charge >= 0.3 is 0 Å². The summed E-state index contributed by atoms with van der Waals surface area (Å²) in [5, 5.41) is 0. The van der Waals surface area contributed by atoms with Gasteiger partial charge in [-0.05, 0) is 7.05 Å². The highest BCUT2D eigenvalue weighted by Gasteiger charge is 2.10. The van der Waals surface area contributed by atoms with Gasteiger partial charge in [0.1, 0.15) is 0 Å². The third kappa shape index (κ3) is 5.70. The molecule has 5 heteroatoms. The molecule has 3 nitrogen and oxygen atoms in total. The maximum atomic E-state index is 5.66. The minimum atomic E-state index is 0. The summed E-state index contributed by atoms with van der Waals surface area (Å²) in [5.74, 6) is 0. The summed E-state index contributed by atoms with van der Waals surface area (Å²) < 4.78 is 5.21. The molecule has 1 fully saturated rings. The SMILES string of the molecule is CN1CCOCC(N)C1.Cl.Cl.